The lowest BCUT2D eigenvalue weighted by Crippen LogP contribution is -2.58. The van der Waals surface area contributed by atoms with Gasteiger partial charge in [-0.3, -0.25) is 4.90 Å². The highest BCUT2D eigenvalue weighted by molar-refractivity contribution is 4.89. The third-order valence-corrected chi connectivity index (χ3v) is 3.64. The van der Waals surface area contributed by atoms with E-state index in [0.717, 1.165) is 18.1 Å². The molecule has 2 heteroatoms. The summed E-state index contributed by atoms with van der Waals surface area (Å²) in [5, 5.41) is 3.50. The Balaban J connectivity index is 2.00. The van der Waals surface area contributed by atoms with Gasteiger partial charge in [-0.1, -0.05) is 12.8 Å². The molecule has 0 bridgehead atoms. The standard InChI is InChI=1S/C11H22N2/c1-9-7-12-8-10(2)13(9)11-5-3-4-6-11/h9-12H,3-8H2,1-2H3/t9-,10+. The molecule has 1 aliphatic heterocycles. The second kappa shape index (κ2) is 3.97. The van der Waals surface area contributed by atoms with Gasteiger partial charge in [-0.15, -0.1) is 0 Å². The van der Waals surface area contributed by atoms with Gasteiger partial charge in [0, 0.05) is 31.2 Å². The first-order valence-corrected chi connectivity index (χ1v) is 5.77. The average Bonchev–Trinajstić information content (AvgIpc) is 2.57. The lowest BCUT2D eigenvalue weighted by atomic mass is 10.0. The van der Waals surface area contributed by atoms with E-state index in [1.807, 2.05) is 0 Å². The van der Waals surface area contributed by atoms with Gasteiger partial charge >= 0.3 is 0 Å². The summed E-state index contributed by atoms with van der Waals surface area (Å²) in [4.78, 5) is 2.75. The van der Waals surface area contributed by atoms with Gasteiger partial charge in [0.2, 0.25) is 0 Å². The van der Waals surface area contributed by atoms with E-state index >= 15 is 0 Å². The maximum Gasteiger partial charge on any atom is 0.0198 e. The van der Waals surface area contributed by atoms with Crippen molar-refractivity contribution in [2.24, 2.45) is 0 Å². The maximum atomic E-state index is 3.50. The van der Waals surface area contributed by atoms with Gasteiger partial charge in [0.1, 0.15) is 0 Å². The summed E-state index contributed by atoms with van der Waals surface area (Å²) >= 11 is 0. The Kier molecular flexibility index (Phi) is 2.89. The molecule has 2 nitrogen and oxygen atoms in total. The summed E-state index contributed by atoms with van der Waals surface area (Å²) in [7, 11) is 0. The Hall–Kier alpha value is -0.0800. The normalized spacial score (nSPS) is 38.3. The minimum Gasteiger partial charge on any atom is -0.314 e. The van der Waals surface area contributed by atoms with Crippen LogP contribution in [0.3, 0.4) is 0 Å². The molecule has 0 aromatic rings. The van der Waals surface area contributed by atoms with Crippen molar-refractivity contribution in [3.05, 3.63) is 0 Å². The molecular formula is C11H22N2. The Morgan fingerprint density at radius 3 is 2.08 bits per heavy atom. The highest BCUT2D eigenvalue weighted by Crippen LogP contribution is 2.27. The zero-order valence-electron chi connectivity index (χ0n) is 8.92. The molecule has 1 saturated heterocycles. The van der Waals surface area contributed by atoms with Crippen LogP contribution in [0.2, 0.25) is 0 Å². The molecule has 0 amide bonds. The van der Waals surface area contributed by atoms with Crippen LogP contribution < -0.4 is 5.32 Å². The van der Waals surface area contributed by atoms with Crippen LogP contribution in [0.15, 0.2) is 0 Å². The van der Waals surface area contributed by atoms with Gasteiger partial charge in [0.05, 0.1) is 0 Å². The van der Waals surface area contributed by atoms with Gasteiger partial charge in [-0.25, -0.2) is 0 Å². The zero-order valence-corrected chi connectivity index (χ0v) is 8.92. The molecule has 0 aromatic heterocycles. The molecule has 13 heavy (non-hydrogen) atoms. The van der Waals surface area contributed by atoms with Crippen LogP contribution in [-0.4, -0.2) is 36.1 Å². The topological polar surface area (TPSA) is 15.3 Å². The Bertz CT molecular complexity index is 153. The van der Waals surface area contributed by atoms with Crippen molar-refractivity contribution in [2.45, 2.75) is 57.7 Å². The lowest BCUT2D eigenvalue weighted by molar-refractivity contribution is 0.0692. The monoisotopic (exact) mass is 182 g/mol. The van der Waals surface area contributed by atoms with Gasteiger partial charge in [-0.2, -0.15) is 0 Å². The molecular weight excluding hydrogens is 160 g/mol. The van der Waals surface area contributed by atoms with E-state index < -0.39 is 0 Å². The first-order chi connectivity index (χ1) is 6.29. The van der Waals surface area contributed by atoms with Crippen LogP contribution in [0.25, 0.3) is 0 Å². The van der Waals surface area contributed by atoms with Crippen molar-refractivity contribution in [3.8, 4) is 0 Å². The SMILES string of the molecule is C[C@@H]1CNC[C@H](C)N1C1CCCC1. The van der Waals surface area contributed by atoms with E-state index in [-0.39, 0.29) is 0 Å². The third-order valence-electron chi connectivity index (χ3n) is 3.64. The lowest BCUT2D eigenvalue weighted by Gasteiger charge is -2.43. The van der Waals surface area contributed by atoms with Gasteiger partial charge < -0.3 is 5.32 Å². The molecule has 0 aromatic carbocycles. The smallest absolute Gasteiger partial charge is 0.0198 e. The minimum atomic E-state index is 0.742. The van der Waals surface area contributed by atoms with Gasteiger partial charge in [0.25, 0.3) is 0 Å². The molecule has 76 valence electrons. The molecule has 2 aliphatic rings. The van der Waals surface area contributed by atoms with Crippen LogP contribution in [0, 0.1) is 0 Å². The Morgan fingerprint density at radius 1 is 1.00 bits per heavy atom. The van der Waals surface area contributed by atoms with Crippen LogP contribution in [0.5, 0.6) is 0 Å². The van der Waals surface area contributed by atoms with Crippen LogP contribution in [-0.2, 0) is 0 Å². The first kappa shape index (κ1) is 9.47. The molecule has 2 fully saturated rings. The van der Waals surface area contributed by atoms with E-state index in [1.54, 1.807) is 0 Å². The van der Waals surface area contributed by atoms with E-state index in [9.17, 15) is 0 Å². The van der Waals surface area contributed by atoms with Crippen molar-refractivity contribution in [3.63, 3.8) is 0 Å². The molecule has 0 radical (unpaired) electrons. The maximum absolute atomic E-state index is 3.50. The van der Waals surface area contributed by atoms with Crippen molar-refractivity contribution < 1.29 is 0 Å². The summed E-state index contributed by atoms with van der Waals surface area (Å²) in [6.45, 7) is 7.09. The number of piperazine rings is 1. The van der Waals surface area contributed by atoms with Crippen molar-refractivity contribution >= 4 is 0 Å². The van der Waals surface area contributed by atoms with Crippen LogP contribution in [0.4, 0.5) is 0 Å². The fourth-order valence-electron chi connectivity index (χ4n) is 3.07. The van der Waals surface area contributed by atoms with E-state index in [4.69, 9.17) is 0 Å². The average molecular weight is 182 g/mol. The molecule has 2 rings (SSSR count). The molecule has 1 heterocycles. The fourth-order valence-corrected chi connectivity index (χ4v) is 3.07. The summed E-state index contributed by atoms with van der Waals surface area (Å²) < 4.78 is 0. The summed E-state index contributed by atoms with van der Waals surface area (Å²) in [5.74, 6) is 0. The van der Waals surface area contributed by atoms with E-state index in [2.05, 4.69) is 24.1 Å². The molecule has 0 unspecified atom stereocenters. The fraction of sp³-hybridized carbons (Fsp3) is 1.00. The number of hydrogen-bond donors (Lipinski definition) is 1. The van der Waals surface area contributed by atoms with Crippen molar-refractivity contribution in [1.82, 2.24) is 10.2 Å². The van der Waals surface area contributed by atoms with Crippen LogP contribution in [0.1, 0.15) is 39.5 Å². The summed E-state index contributed by atoms with van der Waals surface area (Å²) in [6, 6.07) is 2.38. The predicted octanol–water partition coefficient (Wildman–Crippen LogP) is 1.61. The second-order valence-electron chi connectivity index (χ2n) is 4.74. The largest absolute Gasteiger partial charge is 0.314 e. The molecule has 2 atom stereocenters. The van der Waals surface area contributed by atoms with Crippen LogP contribution >= 0.6 is 0 Å². The highest BCUT2D eigenvalue weighted by atomic mass is 15.3. The molecule has 1 N–H and O–H groups in total. The number of nitrogens with one attached hydrogen (secondary N) is 1. The number of hydrogen-bond acceptors (Lipinski definition) is 2. The molecule has 0 spiro atoms. The van der Waals surface area contributed by atoms with Gasteiger partial charge in [-0.05, 0) is 26.7 Å². The van der Waals surface area contributed by atoms with E-state index in [1.165, 1.54) is 38.8 Å². The highest BCUT2D eigenvalue weighted by Gasteiger charge is 2.32. The Labute approximate surface area is 81.7 Å². The third kappa shape index (κ3) is 1.89. The molecule has 1 aliphatic carbocycles. The Morgan fingerprint density at radius 2 is 1.54 bits per heavy atom. The van der Waals surface area contributed by atoms with Crippen molar-refractivity contribution in [1.29, 1.82) is 0 Å². The number of nitrogens with zero attached hydrogens (tertiary/aromatic N) is 1. The summed E-state index contributed by atoms with van der Waals surface area (Å²) in [5.41, 5.74) is 0. The summed E-state index contributed by atoms with van der Waals surface area (Å²) in [6.07, 6.45) is 5.78. The zero-order chi connectivity index (χ0) is 9.26. The van der Waals surface area contributed by atoms with E-state index in [0.29, 0.717) is 0 Å². The molecule has 1 saturated carbocycles. The predicted molar refractivity (Wildman–Crippen MR) is 55.9 cm³/mol. The van der Waals surface area contributed by atoms with Crippen molar-refractivity contribution in [2.75, 3.05) is 13.1 Å². The minimum absolute atomic E-state index is 0.742. The quantitative estimate of drug-likeness (QED) is 0.663. The second-order valence-corrected chi connectivity index (χ2v) is 4.74. The first-order valence-electron chi connectivity index (χ1n) is 5.77. The number of rotatable bonds is 1. The van der Waals surface area contributed by atoms with Gasteiger partial charge in [0.15, 0.2) is 0 Å².